The minimum absolute atomic E-state index is 0.00574. The van der Waals surface area contributed by atoms with E-state index in [-0.39, 0.29) is 11.4 Å². The molecule has 0 heterocycles. The molecule has 0 saturated heterocycles. The molecule has 0 unspecified atom stereocenters. The molecule has 5 heteroatoms. The summed E-state index contributed by atoms with van der Waals surface area (Å²) < 4.78 is 0. The van der Waals surface area contributed by atoms with Crippen molar-refractivity contribution in [3.8, 4) is 5.75 Å². The lowest BCUT2D eigenvalue weighted by atomic mass is 10.2. The molecule has 0 atom stereocenters. The molecule has 0 bridgehead atoms. The summed E-state index contributed by atoms with van der Waals surface area (Å²) in [5.41, 5.74) is 0.329. The normalized spacial score (nSPS) is 10.5. The molecule has 0 fully saturated rings. The van der Waals surface area contributed by atoms with Crippen LogP contribution in [-0.2, 0) is 0 Å². The number of phenols is 1. The topological polar surface area (TPSA) is 63.4 Å². The van der Waals surface area contributed by atoms with Crippen molar-refractivity contribution in [3.63, 3.8) is 0 Å². The Bertz CT molecular complexity index is 362. The van der Waals surface area contributed by atoms with Crippen LogP contribution in [0.25, 0.3) is 6.08 Å². The van der Waals surface area contributed by atoms with Crippen molar-refractivity contribution in [1.82, 2.24) is 0 Å². The number of halogens is 1. The minimum atomic E-state index is -0.498. The summed E-state index contributed by atoms with van der Waals surface area (Å²) in [6.45, 7) is 0. The fourth-order valence-corrected chi connectivity index (χ4v) is 1.19. The number of aromatic hydroxyl groups is 1. The largest absolute Gasteiger partial charge is 0.508 e. The average Bonchev–Trinajstić information content (AvgIpc) is 2.04. The molecule has 1 aromatic rings. The number of rotatable bonds is 2. The summed E-state index contributed by atoms with van der Waals surface area (Å²) >= 11 is 3.01. The van der Waals surface area contributed by atoms with E-state index in [0.717, 1.165) is 0 Å². The first-order valence-corrected chi connectivity index (χ1v) is 4.31. The van der Waals surface area contributed by atoms with Gasteiger partial charge in [-0.05, 0) is 23.2 Å². The third kappa shape index (κ3) is 2.29. The zero-order chi connectivity index (χ0) is 9.84. The highest BCUT2D eigenvalue weighted by Gasteiger charge is 2.10. The fraction of sp³-hybridized carbons (Fsp3) is 0. The van der Waals surface area contributed by atoms with E-state index in [1.807, 2.05) is 0 Å². The van der Waals surface area contributed by atoms with E-state index in [9.17, 15) is 10.1 Å². The zero-order valence-corrected chi connectivity index (χ0v) is 8.06. The van der Waals surface area contributed by atoms with E-state index in [1.54, 1.807) is 0 Å². The van der Waals surface area contributed by atoms with Gasteiger partial charge in [-0.3, -0.25) is 10.1 Å². The van der Waals surface area contributed by atoms with Gasteiger partial charge in [-0.2, -0.15) is 0 Å². The first-order valence-electron chi connectivity index (χ1n) is 3.39. The maximum Gasteiger partial charge on any atom is 0.276 e. The first-order chi connectivity index (χ1) is 6.15. The average molecular weight is 244 g/mol. The van der Waals surface area contributed by atoms with Gasteiger partial charge in [0.25, 0.3) is 5.69 Å². The van der Waals surface area contributed by atoms with Crippen LogP contribution in [0.5, 0.6) is 5.75 Å². The molecule has 0 aliphatic heterocycles. The third-order valence-corrected chi connectivity index (χ3v) is 1.71. The lowest BCUT2D eigenvalue weighted by molar-refractivity contribution is -0.385. The second-order valence-electron chi connectivity index (χ2n) is 2.29. The Balaban J connectivity index is 3.26. The molecule has 13 heavy (non-hydrogen) atoms. The maximum atomic E-state index is 10.5. The van der Waals surface area contributed by atoms with Gasteiger partial charge in [-0.15, -0.1) is 0 Å². The van der Waals surface area contributed by atoms with E-state index < -0.39 is 4.92 Å². The predicted octanol–water partition coefficient (Wildman–Crippen LogP) is 2.67. The number of benzene rings is 1. The van der Waals surface area contributed by atoms with Gasteiger partial charge in [0, 0.05) is 6.07 Å². The Morgan fingerprint density at radius 3 is 2.77 bits per heavy atom. The Morgan fingerprint density at radius 1 is 1.54 bits per heavy atom. The molecule has 0 aliphatic carbocycles. The summed E-state index contributed by atoms with van der Waals surface area (Å²) in [4.78, 5) is 11.5. The molecule has 0 spiro atoms. The lowest BCUT2D eigenvalue weighted by Gasteiger charge is -1.97. The van der Waals surface area contributed by atoms with Gasteiger partial charge in [0.15, 0.2) is 0 Å². The molecule has 0 saturated carbocycles. The Morgan fingerprint density at radius 2 is 2.23 bits per heavy atom. The van der Waals surface area contributed by atoms with Crippen molar-refractivity contribution >= 4 is 27.7 Å². The second-order valence-corrected chi connectivity index (χ2v) is 2.82. The monoisotopic (exact) mass is 243 g/mol. The van der Waals surface area contributed by atoms with Gasteiger partial charge >= 0.3 is 0 Å². The van der Waals surface area contributed by atoms with Gasteiger partial charge in [-0.1, -0.05) is 15.9 Å². The fourth-order valence-electron chi connectivity index (χ4n) is 0.910. The molecule has 0 amide bonds. The maximum absolute atomic E-state index is 10.5. The zero-order valence-electron chi connectivity index (χ0n) is 6.48. The van der Waals surface area contributed by atoms with Crippen molar-refractivity contribution in [2.75, 3.05) is 0 Å². The van der Waals surface area contributed by atoms with Crippen molar-refractivity contribution in [1.29, 1.82) is 0 Å². The van der Waals surface area contributed by atoms with E-state index in [0.29, 0.717) is 5.56 Å². The van der Waals surface area contributed by atoms with Crippen LogP contribution in [0.2, 0.25) is 0 Å². The molecule has 0 aromatic heterocycles. The summed E-state index contributed by atoms with van der Waals surface area (Å²) in [7, 11) is 0. The van der Waals surface area contributed by atoms with Crippen molar-refractivity contribution in [2.45, 2.75) is 0 Å². The molecular weight excluding hydrogens is 238 g/mol. The quantitative estimate of drug-likeness (QED) is 0.642. The highest BCUT2D eigenvalue weighted by Crippen LogP contribution is 2.24. The van der Waals surface area contributed by atoms with Crippen molar-refractivity contribution < 1.29 is 10.0 Å². The van der Waals surface area contributed by atoms with Gasteiger partial charge in [0.05, 0.1) is 10.5 Å². The summed E-state index contributed by atoms with van der Waals surface area (Å²) in [5.74, 6) is 0.00574. The van der Waals surface area contributed by atoms with Gasteiger partial charge in [0.1, 0.15) is 5.75 Å². The highest BCUT2D eigenvalue weighted by molar-refractivity contribution is 9.11. The van der Waals surface area contributed by atoms with Crippen LogP contribution in [0.3, 0.4) is 0 Å². The molecule has 4 nitrogen and oxygen atoms in total. The molecule has 1 aromatic carbocycles. The van der Waals surface area contributed by atoms with Crippen LogP contribution in [0.1, 0.15) is 5.56 Å². The summed E-state index contributed by atoms with van der Waals surface area (Å²) in [6, 6.07) is 3.87. The number of nitro groups is 1. The van der Waals surface area contributed by atoms with Crippen LogP contribution in [-0.4, -0.2) is 10.0 Å². The SMILES string of the molecule is O=[N+]([O-])c1ccc(O)cc1/C=C/Br. The van der Waals surface area contributed by atoms with Crippen molar-refractivity contribution in [2.24, 2.45) is 0 Å². The molecular formula is C8H6BrNO3. The first kappa shape index (κ1) is 9.73. The number of hydrogen-bond acceptors (Lipinski definition) is 3. The summed E-state index contributed by atoms with van der Waals surface area (Å²) in [6.07, 6.45) is 1.50. The van der Waals surface area contributed by atoms with E-state index in [1.165, 1.54) is 29.3 Å². The van der Waals surface area contributed by atoms with Gasteiger partial charge in [0.2, 0.25) is 0 Å². The minimum Gasteiger partial charge on any atom is -0.508 e. The van der Waals surface area contributed by atoms with Crippen LogP contribution < -0.4 is 0 Å². The molecule has 1 N–H and O–H groups in total. The van der Waals surface area contributed by atoms with Crippen LogP contribution in [0.15, 0.2) is 23.2 Å². The number of hydrogen-bond donors (Lipinski definition) is 1. The Hall–Kier alpha value is -1.36. The molecule has 0 aliphatic rings. The standard InChI is InChI=1S/C8H6BrNO3/c9-4-3-6-5-7(11)1-2-8(6)10(12)13/h1-5,11H/b4-3+. The molecule has 68 valence electrons. The number of nitrogens with zero attached hydrogens (tertiary/aromatic N) is 1. The van der Waals surface area contributed by atoms with E-state index in [2.05, 4.69) is 15.9 Å². The third-order valence-electron chi connectivity index (χ3n) is 1.45. The molecule has 0 radical (unpaired) electrons. The van der Waals surface area contributed by atoms with Gasteiger partial charge in [-0.25, -0.2) is 0 Å². The van der Waals surface area contributed by atoms with Crippen LogP contribution in [0, 0.1) is 10.1 Å². The Labute approximate surface area is 82.8 Å². The number of phenolic OH excluding ortho intramolecular Hbond substituents is 1. The second kappa shape index (κ2) is 4.04. The Kier molecular flexibility index (Phi) is 3.02. The summed E-state index contributed by atoms with van der Waals surface area (Å²) in [5, 5.41) is 19.6. The lowest BCUT2D eigenvalue weighted by Crippen LogP contribution is -1.90. The molecule has 1 rings (SSSR count). The van der Waals surface area contributed by atoms with Crippen molar-refractivity contribution in [3.05, 3.63) is 38.9 Å². The van der Waals surface area contributed by atoms with E-state index >= 15 is 0 Å². The predicted molar refractivity (Wildman–Crippen MR) is 52.7 cm³/mol. The van der Waals surface area contributed by atoms with Crippen LogP contribution in [0.4, 0.5) is 5.69 Å². The van der Waals surface area contributed by atoms with Crippen LogP contribution >= 0.6 is 15.9 Å². The van der Waals surface area contributed by atoms with Gasteiger partial charge < -0.3 is 5.11 Å². The highest BCUT2D eigenvalue weighted by atomic mass is 79.9. The number of nitro benzene ring substituents is 1. The smallest absolute Gasteiger partial charge is 0.276 e. The van der Waals surface area contributed by atoms with E-state index in [4.69, 9.17) is 5.11 Å².